The number of esters is 1. The van der Waals surface area contributed by atoms with E-state index in [1.165, 1.54) is 6.92 Å². The quantitative estimate of drug-likeness (QED) is 0.765. The van der Waals surface area contributed by atoms with E-state index in [0.717, 1.165) is 19.3 Å². The van der Waals surface area contributed by atoms with Crippen LogP contribution in [0.1, 0.15) is 46.0 Å². The second kappa shape index (κ2) is 8.73. The lowest BCUT2D eigenvalue weighted by molar-refractivity contribution is -0.141. The number of carbonyl (C=O) groups is 3. The van der Waals surface area contributed by atoms with Gasteiger partial charge in [-0.15, -0.1) is 0 Å². The molecule has 5 nitrogen and oxygen atoms in total. The van der Waals surface area contributed by atoms with E-state index < -0.39 is 5.97 Å². The van der Waals surface area contributed by atoms with Crippen LogP contribution in [0, 0.1) is 5.92 Å². The zero-order chi connectivity index (χ0) is 13.3. The molecule has 1 fully saturated rings. The van der Waals surface area contributed by atoms with E-state index in [9.17, 15) is 14.4 Å². The van der Waals surface area contributed by atoms with Gasteiger partial charge in [-0.3, -0.25) is 14.4 Å². The molecule has 0 aromatic rings. The number of hydrogen-bond acceptors (Lipinski definition) is 4. The lowest BCUT2D eigenvalue weighted by Gasteiger charge is -2.17. The van der Waals surface area contributed by atoms with Gasteiger partial charge in [-0.2, -0.15) is 0 Å². The van der Waals surface area contributed by atoms with Gasteiger partial charge in [-0.25, -0.2) is 0 Å². The molecule has 5 heteroatoms. The molecule has 1 unspecified atom stereocenters. The third kappa shape index (κ3) is 8.42. The summed E-state index contributed by atoms with van der Waals surface area (Å²) in [5, 5.41) is 8.43. The van der Waals surface area contributed by atoms with Crippen molar-refractivity contribution in [1.82, 2.24) is 0 Å². The highest BCUT2D eigenvalue weighted by molar-refractivity contribution is 5.85. The molecule has 1 rings (SSSR count). The summed E-state index contributed by atoms with van der Waals surface area (Å²) >= 11 is 0. The molecule has 1 aliphatic carbocycles. The van der Waals surface area contributed by atoms with Crippen molar-refractivity contribution in [2.45, 2.75) is 46.0 Å². The number of ether oxygens (including phenoxy) is 1. The molecule has 1 atom stereocenters. The van der Waals surface area contributed by atoms with Gasteiger partial charge in [-0.05, 0) is 19.8 Å². The Morgan fingerprint density at radius 3 is 2.41 bits per heavy atom. The SMILES string of the molecule is CCOC(C)=O.O=C(O)CC1CCCCC1=O. The van der Waals surface area contributed by atoms with Gasteiger partial charge in [0.2, 0.25) is 0 Å². The van der Waals surface area contributed by atoms with Gasteiger partial charge in [0.25, 0.3) is 0 Å². The molecule has 1 saturated carbocycles. The summed E-state index contributed by atoms with van der Waals surface area (Å²) in [5.41, 5.74) is 0. The number of hydrogen-bond donors (Lipinski definition) is 1. The van der Waals surface area contributed by atoms with Gasteiger partial charge in [0, 0.05) is 19.3 Å². The topological polar surface area (TPSA) is 80.7 Å². The molecular formula is C12H20O5. The molecule has 0 amide bonds. The van der Waals surface area contributed by atoms with Crippen molar-refractivity contribution >= 4 is 17.7 Å². The van der Waals surface area contributed by atoms with Crippen molar-refractivity contribution in [3.63, 3.8) is 0 Å². The van der Waals surface area contributed by atoms with Crippen molar-refractivity contribution < 1.29 is 24.2 Å². The van der Waals surface area contributed by atoms with Crippen LogP contribution in [0.15, 0.2) is 0 Å². The van der Waals surface area contributed by atoms with E-state index in [1.54, 1.807) is 6.92 Å². The summed E-state index contributed by atoms with van der Waals surface area (Å²) in [6.45, 7) is 3.65. The van der Waals surface area contributed by atoms with Gasteiger partial charge >= 0.3 is 11.9 Å². The summed E-state index contributed by atoms with van der Waals surface area (Å²) in [5.74, 6) is -1.12. The van der Waals surface area contributed by atoms with Crippen LogP contribution in [-0.2, 0) is 19.1 Å². The average Bonchev–Trinajstić information content (AvgIpc) is 2.21. The molecular weight excluding hydrogens is 224 g/mol. The minimum absolute atomic E-state index is 0.0266. The van der Waals surface area contributed by atoms with Gasteiger partial charge in [0.1, 0.15) is 5.78 Å². The van der Waals surface area contributed by atoms with Crippen LogP contribution < -0.4 is 0 Å². The molecule has 17 heavy (non-hydrogen) atoms. The predicted molar refractivity (Wildman–Crippen MR) is 61.5 cm³/mol. The van der Waals surface area contributed by atoms with Crippen LogP contribution >= 0.6 is 0 Å². The fraction of sp³-hybridized carbons (Fsp3) is 0.750. The van der Waals surface area contributed by atoms with E-state index in [4.69, 9.17) is 5.11 Å². The second-order valence-corrected chi connectivity index (χ2v) is 3.93. The first-order valence-corrected chi connectivity index (χ1v) is 5.85. The standard InChI is InChI=1S/C8H12O3.C4H8O2/c9-7-4-2-1-3-6(7)5-8(10)11;1-3-6-4(2)5/h6H,1-5H2,(H,10,11);3H2,1-2H3. The van der Waals surface area contributed by atoms with Crippen molar-refractivity contribution in [1.29, 1.82) is 0 Å². The molecule has 0 saturated heterocycles. The Hall–Kier alpha value is -1.39. The zero-order valence-electron chi connectivity index (χ0n) is 10.4. The van der Waals surface area contributed by atoms with Crippen molar-refractivity contribution in [2.24, 2.45) is 5.92 Å². The molecule has 0 spiro atoms. The van der Waals surface area contributed by atoms with Crippen LogP contribution in [0.2, 0.25) is 0 Å². The molecule has 0 aliphatic heterocycles. The van der Waals surface area contributed by atoms with E-state index in [1.807, 2.05) is 0 Å². The van der Waals surface area contributed by atoms with Crippen LogP contribution in [-0.4, -0.2) is 29.4 Å². The van der Waals surface area contributed by atoms with Crippen LogP contribution in [0.5, 0.6) is 0 Å². The highest BCUT2D eigenvalue weighted by Gasteiger charge is 2.23. The van der Waals surface area contributed by atoms with Gasteiger partial charge < -0.3 is 9.84 Å². The maximum atomic E-state index is 11.1. The van der Waals surface area contributed by atoms with Crippen LogP contribution in [0.25, 0.3) is 0 Å². The third-order valence-corrected chi connectivity index (χ3v) is 2.45. The maximum Gasteiger partial charge on any atom is 0.304 e. The smallest absolute Gasteiger partial charge is 0.304 e. The van der Waals surface area contributed by atoms with Crippen LogP contribution in [0.3, 0.4) is 0 Å². The molecule has 0 aromatic carbocycles. The average molecular weight is 244 g/mol. The lowest BCUT2D eigenvalue weighted by atomic mass is 9.86. The lowest BCUT2D eigenvalue weighted by Crippen LogP contribution is -2.21. The Labute approximate surface area is 101 Å². The highest BCUT2D eigenvalue weighted by atomic mass is 16.5. The van der Waals surface area contributed by atoms with E-state index in [0.29, 0.717) is 13.0 Å². The van der Waals surface area contributed by atoms with Gasteiger partial charge in [0.15, 0.2) is 0 Å². The molecule has 1 aliphatic rings. The highest BCUT2D eigenvalue weighted by Crippen LogP contribution is 2.22. The molecule has 1 N–H and O–H groups in total. The maximum absolute atomic E-state index is 11.1. The Balaban J connectivity index is 0.000000366. The van der Waals surface area contributed by atoms with Crippen molar-refractivity contribution in [3.05, 3.63) is 0 Å². The number of carbonyl (C=O) groups excluding carboxylic acids is 2. The molecule has 0 radical (unpaired) electrons. The van der Waals surface area contributed by atoms with Gasteiger partial charge in [0.05, 0.1) is 13.0 Å². The minimum Gasteiger partial charge on any atom is -0.481 e. The van der Waals surface area contributed by atoms with Crippen molar-refractivity contribution in [2.75, 3.05) is 6.61 Å². The Morgan fingerprint density at radius 2 is 2.06 bits per heavy atom. The Bertz CT molecular complexity index is 272. The van der Waals surface area contributed by atoms with E-state index in [-0.39, 0.29) is 24.1 Å². The third-order valence-electron chi connectivity index (χ3n) is 2.45. The minimum atomic E-state index is -0.856. The Morgan fingerprint density at radius 1 is 1.41 bits per heavy atom. The number of carboxylic acid groups (broad SMARTS) is 1. The number of rotatable bonds is 3. The van der Waals surface area contributed by atoms with Gasteiger partial charge in [-0.1, -0.05) is 6.42 Å². The fourth-order valence-corrected chi connectivity index (χ4v) is 1.69. The fourth-order valence-electron chi connectivity index (χ4n) is 1.69. The first-order chi connectivity index (χ1) is 7.97. The van der Waals surface area contributed by atoms with E-state index in [2.05, 4.69) is 4.74 Å². The summed E-state index contributed by atoms with van der Waals surface area (Å²) in [6.07, 6.45) is 3.32. The largest absolute Gasteiger partial charge is 0.481 e. The predicted octanol–water partition coefficient (Wildman–Crippen LogP) is 1.79. The summed E-state index contributed by atoms with van der Waals surface area (Å²) in [6, 6.07) is 0. The normalized spacial score (nSPS) is 18.9. The molecule has 0 aromatic heterocycles. The summed E-state index contributed by atoms with van der Waals surface area (Å²) in [4.78, 5) is 31.1. The first kappa shape index (κ1) is 15.6. The monoisotopic (exact) mass is 244 g/mol. The number of carboxylic acids is 1. The zero-order valence-corrected chi connectivity index (χ0v) is 10.4. The van der Waals surface area contributed by atoms with Crippen LogP contribution in [0.4, 0.5) is 0 Å². The number of Topliss-reactive ketones (excluding diaryl/α,β-unsaturated/α-hetero) is 1. The first-order valence-electron chi connectivity index (χ1n) is 5.85. The van der Waals surface area contributed by atoms with Crippen molar-refractivity contribution in [3.8, 4) is 0 Å². The molecule has 0 bridgehead atoms. The summed E-state index contributed by atoms with van der Waals surface area (Å²) < 4.78 is 4.40. The Kier molecular flexibility index (Phi) is 8.01. The second-order valence-electron chi connectivity index (χ2n) is 3.93. The molecule has 98 valence electrons. The number of ketones is 1. The van der Waals surface area contributed by atoms with E-state index >= 15 is 0 Å². The number of aliphatic carboxylic acids is 1. The molecule has 0 heterocycles. The summed E-state index contributed by atoms with van der Waals surface area (Å²) in [7, 11) is 0.